The molecule has 0 aliphatic heterocycles. The second-order valence-electron chi connectivity index (χ2n) is 1.14. The minimum Gasteiger partial charge on any atom is -0.231 e. The van der Waals surface area contributed by atoms with Gasteiger partial charge in [-0.1, -0.05) is 6.08 Å². The van der Waals surface area contributed by atoms with Gasteiger partial charge in [0.2, 0.25) is 0 Å². The summed E-state index contributed by atoms with van der Waals surface area (Å²) in [6, 6.07) is 0. The molecule has 0 heterocycles. The first-order valence-electron chi connectivity index (χ1n) is 2.19. The quantitative estimate of drug-likeness (QED) is 0.406. The predicted octanol–water partition coefficient (Wildman–Crippen LogP) is 2.13. The topological polar surface area (TPSA) is 12.4 Å². The van der Waals surface area contributed by atoms with E-state index in [2.05, 4.69) is 4.99 Å². The molecule has 0 atom stereocenters. The van der Waals surface area contributed by atoms with Crippen molar-refractivity contribution in [2.45, 2.75) is 6.92 Å². The Labute approximate surface area is 52.9 Å². The maximum atomic E-state index is 11.2. The maximum Gasteiger partial charge on any atom is 0.176 e. The van der Waals surface area contributed by atoms with E-state index in [1.165, 1.54) is 0 Å². The highest BCUT2D eigenvalue weighted by atomic mass is 35.5. The van der Waals surface area contributed by atoms with Crippen molar-refractivity contribution >= 4 is 18.1 Å². The Bertz CT molecular complexity index is 106. The molecular weight excluding hydrogens is 129 g/mol. The molecule has 46 valence electrons. The summed E-state index contributed by atoms with van der Waals surface area (Å²) in [5.41, 5.74) is 0.550. The molecule has 0 aromatic carbocycles. The van der Waals surface area contributed by atoms with E-state index in [0.29, 0.717) is 5.70 Å². The Hall–Kier alpha value is -0.370. The van der Waals surface area contributed by atoms with Gasteiger partial charge in [-0.15, -0.1) is 11.6 Å². The zero-order valence-electron chi connectivity index (χ0n) is 4.56. The van der Waals surface area contributed by atoms with Gasteiger partial charge in [0.15, 0.2) is 6.47 Å². The molecule has 0 fully saturated rings. The van der Waals surface area contributed by atoms with Crippen LogP contribution in [-0.4, -0.2) is 12.3 Å². The highest BCUT2D eigenvalue weighted by Gasteiger charge is 1.83. The molecule has 0 unspecified atom stereocenters. The third kappa shape index (κ3) is 2.75. The molecule has 0 aliphatic carbocycles. The van der Waals surface area contributed by atoms with E-state index in [4.69, 9.17) is 11.6 Å². The molecule has 0 radical (unpaired) electrons. The number of hydrogen-bond donors (Lipinski definition) is 0. The van der Waals surface area contributed by atoms with Gasteiger partial charge in [-0.05, 0) is 6.92 Å². The van der Waals surface area contributed by atoms with E-state index >= 15 is 0 Å². The van der Waals surface area contributed by atoms with Gasteiger partial charge in [0.05, 0.1) is 11.6 Å². The first kappa shape index (κ1) is 7.63. The third-order valence-corrected chi connectivity index (χ3v) is 0.959. The summed E-state index contributed by atoms with van der Waals surface area (Å²) < 4.78 is 11.2. The highest BCUT2D eigenvalue weighted by Crippen LogP contribution is 1.97. The Balaban J connectivity index is 3.72. The van der Waals surface area contributed by atoms with Crippen molar-refractivity contribution in [3.8, 4) is 0 Å². The van der Waals surface area contributed by atoms with Gasteiger partial charge in [0.25, 0.3) is 0 Å². The fourth-order valence-electron chi connectivity index (χ4n) is 0.249. The minimum atomic E-state index is 0.234. The van der Waals surface area contributed by atoms with Crippen LogP contribution in [0.1, 0.15) is 6.92 Å². The van der Waals surface area contributed by atoms with Crippen LogP contribution in [0, 0.1) is 0 Å². The van der Waals surface area contributed by atoms with Crippen LogP contribution in [0.15, 0.2) is 16.8 Å². The Morgan fingerprint density at radius 1 is 1.88 bits per heavy atom. The minimum absolute atomic E-state index is 0.234. The molecule has 0 amide bonds. The Morgan fingerprint density at radius 3 is 2.62 bits per heavy atom. The van der Waals surface area contributed by atoms with Crippen molar-refractivity contribution in [1.29, 1.82) is 0 Å². The zero-order chi connectivity index (χ0) is 6.41. The second-order valence-corrected chi connectivity index (χ2v) is 1.41. The van der Waals surface area contributed by atoms with Crippen molar-refractivity contribution in [3.63, 3.8) is 0 Å². The lowest BCUT2D eigenvalue weighted by Gasteiger charge is -1.86. The Kier molecular flexibility index (Phi) is 4.56. The van der Waals surface area contributed by atoms with Crippen LogP contribution < -0.4 is 0 Å². The van der Waals surface area contributed by atoms with Gasteiger partial charge in [0, 0.05) is 0 Å². The van der Waals surface area contributed by atoms with Crippen molar-refractivity contribution in [3.05, 3.63) is 11.8 Å². The fourth-order valence-corrected chi connectivity index (χ4v) is 0.472. The normalized spacial score (nSPS) is 13.1. The molecule has 0 saturated carbocycles. The van der Waals surface area contributed by atoms with E-state index in [0.717, 1.165) is 0 Å². The van der Waals surface area contributed by atoms with E-state index in [-0.39, 0.29) is 12.3 Å². The first-order valence-corrected chi connectivity index (χ1v) is 2.72. The van der Waals surface area contributed by atoms with Crippen LogP contribution in [0.5, 0.6) is 0 Å². The number of rotatable bonds is 2. The van der Waals surface area contributed by atoms with Crippen molar-refractivity contribution in [2.75, 3.05) is 5.88 Å². The van der Waals surface area contributed by atoms with Crippen LogP contribution in [0.2, 0.25) is 0 Å². The smallest absolute Gasteiger partial charge is 0.176 e. The van der Waals surface area contributed by atoms with E-state index in [1.807, 2.05) is 0 Å². The lowest BCUT2D eigenvalue weighted by atomic mass is 10.5. The molecule has 0 aliphatic rings. The molecule has 0 aromatic heterocycles. The molecule has 0 bridgehead atoms. The van der Waals surface area contributed by atoms with Crippen LogP contribution in [0.25, 0.3) is 0 Å². The van der Waals surface area contributed by atoms with Gasteiger partial charge in [0.1, 0.15) is 0 Å². The lowest BCUT2D eigenvalue weighted by Crippen LogP contribution is -1.76. The van der Waals surface area contributed by atoms with E-state index in [9.17, 15) is 4.39 Å². The van der Waals surface area contributed by atoms with Crippen molar-refractivity contribution < 1.29 is 4.39 Å². The van der Waals surface area contributed by atoms with Gasteiger partial charge < -0.3 is 0 Å². The van der Waals surface area contributed by atoms with Crippen LogP contribution in [-0.2, 0) is 0 Å². The summed E-state index contributed by atoms with van der Waals surface area (Å²) in [6.45, 7) is 1.99. The first-order chi connectivity index (χ1) is 3.85. The summed E-state index contributed by atoms with van der Waals surface area (Å²) in [6.07, 6.45) is 1.66. The van der Waals surface area contributed by atoms with Gasteiger partial charge in [-0.2, -0.15) is 4.39 Å². The monoisotopic (exact) mass is 135 g/mol. The molecule has 3 heteroatoms. The van der Waals surface area contributed by atoms with Crippen LogP contribution >= 0.6 is 11.6 Å². The number of allylic oxidation sites excluding steroid dienone is 2. The number of halogens is 2. The zero-order valence-corrected chi connectivity index (χ0v) is 5.32. The molecule has 8 heavy (non-hydrogen) atoms. The molecular formula is C5H7ClFN. The average molecular weight is 136 g/mol. The van der Waals surface area contributed by atoms with Gasteiger partial charge in [-0.3, -0.25) is 0 Å². The number of aliphatic imine (C=N–C) groups is 1. The SMILES string of the molecule is C/C=C(/CCl)N=CF. The molecule has 0 aromatic rings. The second kappa shape index (κ2) is 4.78. The highest BCUT2D eigenvalue weighted by molar-refractivity contribution is 6.19. The largest absolute Gasteiger partial charge is 0.231 e. The number of hydrogen-bond acceptors (Lipinski definition) is 1. The fraction of sp³-hybridized carbons (Fsp3) is 0.400. The van der Waals surface area contributed by atoms with Crippen LogP contribution in [0.4, 0.5) is 4.39 Å². The maximum absolute atomic E-state index is 11.2. The van der Waals surface area contributed by atoms with Gasteiger partial charge >= 0.3 is 0 Å². The molecule has 0 rings (SSSR count). The van der Waals surface area contributed by atoms with E-state index < -0.39 is 0 Å². The molecule has 0 saturated heterocycles. The molecule has 1 nitrogen and oxygen atoms in total. The average Bonchev–Trinajstić information content (AvgIpc) is 1.83. The van der Waals surface area contributed by atoms with Crippen molar-refractivity contribution in [1.82, 2.24) is 0 Å². The number of alkyl halides is 1. The third-order valence-electron chi connectivity index (χ3n) is 0.685. The number of nitrogens with zero attached hydrogens (tertiary/aromatic N) is 1. The summed E-state index contributed by atoms with van der Waals surface area (Å²) in [7, 11) is 0. The lowest BCUT2D eigenvalue weighted by molar-refractivity contribution is 0.838. The molecule has 0 N–H and O–H groups in total. The summed E-state index contributed by atoms with van der Waals surface area (Å²) in [4.78, 5) is 3.30. The summed E-state index contributed by atoms with van der Waals surface area (Å²) >= 11 is 5.30. The van der Waals surface area contributed by atoms with Crippen molar-refractivity contribution in [2.24, 2.45) is 4.99 Å². The van der Waals surface area contributed by atoms with Crippen LogP contribution in [0.3, 0.4) is 0 Å². The summed E-state index contributed by atoms with van der Waals surface area (Å²) in [5, 5.41) is 0. The predicted molar refractivity (Wildman–Crippen MR) is 34.1 cm³/mol. The van der Waals surface area contributed by atoms with Gasteiger partial charge in [-0.25, -0.2) is 4.99 Å². The standard InChI is InChI=1S/C5H7ClFN/c1-2-5(3-6)8-4-7/h2,4H,3H2,1H3/b5-2-,8-4?. The Morgan fingerprint density at radius 2 is 2.50 bits per heavy atom. The molecule has 0 spiro atoms. The summed E-state index contributed by atoms with van der Waals surface area (Å²) in [5.74, 6) is 0.261. The van der Waals surface area contributed by atoms with E-state index in [1.54, 1.807) is 13.0 Å².